The number of unbranched alkanes of at least 4 members (excludes halogenated alkanes) is 1. The summed E-state index contributed by atoms with van der Waals surface area (Å²) in [5.74, 6) is -2.78. The summed E-state index contributed by atoms with van der Waals surface area (Å²) in [5, 5.41) is 10.4. The largest absolute Gasteiger partial charge is 0.456 e. The van der Waals surface area contributed by atoms with Crippen LogP contribution in [0.5, 0.6) is 0 Å². The number of nitrogens with one attached hydrogen (secondary N) is 4. The first-order chi connectivity index (χ1) is 17.1. The monoisotopic (exact) mass is 545 g/mol. The van der Waals surface area contributed by atoms with Crippen LogP contribution in [-0.2, 0) is 28.7 Å². The van der Waals surface area contributed by atoms with Gasteiger partial charge in [0.2, 0.25) is 23.6 Å². The molecule has 1 heterocycles. The van der Waals surface area contributed by atoms with E-state index in [4.69, 9.17) is 10.5 Å². The topological polar surface area (TPSA) is 169 Å². The maximum absolute atomic E-state index is 13.0. The number of cyclic esters (lactones) is 1. The molecule has 0 radical (unpaired) electrons. The van der Waals surface area contributed by atoms with Crippen molar-refractivity contribution in [3.05, 3.63) is 12.2 Å². The lowest BCUT2D eigenvalue weighted by molar-refractivity contribution is -0.148. The fourth-order valence-electron chi connectivity index (χ4n) is 3.40. The van der Waals surface area contributed by atoms with Crippen LogP contribution in [0.1, 0.15) is 46.0 Å². The number of esters is 1. The van der Waals surface area contributed by atoms with Crippen molar-refractivity contribution in [1.82, 2.24) is 21.3 Å². The molecule has 0 aromatic carbocycles. The molecule has 204 valence electrons. The molecule has 13 heteroatoms. The lowest BCUT2D eigenvalue weighted by atomic mass is 10.0. The van der Waals surface area contributed by atoms with E-state index in [1.54, 1.807) is 26.0 Å². The van der Waals surface area contributed by atoms with Crippen LogP contribution >= 0.6 is 25.3 Å². The van der Waals surface area contributed by atoms with Gasteiger partial charge in [-0.25, -0.2) is 0 Å². The molecule has 1 unspecified atom stereocenters. The van der Waals surface area contributed by atoms with Crippen LogP contribution in [0.25, 0.3) is 0 Å². The fraction of sp³-hybridized carbons (Fsp3) is 0.696. The SMILES string of the molecule is CC(C)[C@@H]1NC(=O)[C@H](CS)NC(=O)[C@H](CCCCN)NC(=O)CC(/C=C/CCS)OC(=O)CNC1=O. The summed E-state index contributed by atoms with van der Waals surface area (Å²) in [7, 11) is 0. The normalized spacial score (nSPS) is 25.2. The van der Waals surface area contributed by atoms with Crippen molar-refractivity contribution in [1.29, 1.82) is 0 Å². The number of hydrogen-bond acceptors (Lipinski definition) is 9. The Hall–Kier alpha value is -2.25. The Labute approximate surface area is 223 Å². The molecular weight excluding hydrogens is 506 g/mol. The Morgan fingerprint density at radius 1 is 1.00 bits per heavy atom. The standard InChI is InChI=1S/C23H39N5O6S2/c1-14(2)20-23(33)25-12-19(30)34-15(7-4-6-10-35)11-18(29)26-16(8-3-5-9-24)21(31)27-17(13-36)22(32)28-20/h4,7,14-17,20,35-36H,3,5-6,8-13,24H2,1-2H3,(H,25,33)(H,26,29)(H,27,31)(H,28,32)/b7-4+/t15?,16-,17-,20-/m0/s1. The summed E-state index contributed by atoms with van der Waals surface area (Å²) >= 11 is 8.31. The van der Waals surface area contributed by atoms with Gasteiger partial charge >= 0.3 is 5.97 Å². The van der Waals surface area contributed by atoms with Crippen LogP contribution in [-0.4, -0.2) is 78.4 Å². The van der Waals surface area contributed by atoms with Crippen LogP contribution in [0.2, 0.25) is 0 Å². The fourth-order valence-corrected chi connectivity index (χ4v) is 3.81. The number of carbonyl (C=O) groups excluding carboxylic acids is 5. The second-order valence-electron chi connectivity index (χ2n) is 8.77. The highest BCUT2D eigenvalue weighted by atomic mass is 32.1. The summed E-state index contributed by atoms with van der Waals surface area (Å²) in [5.41, 5.74) is 5.56. The second kappa shape index (κ2) is 17.2. The van der Waals surface area contributed by atoms with Gasteiger partial charge in [-0.2, -0.15) is 25.3 Å². The van der Waals surface area contributed by atoms with E-state index in [-0.39, 0.29) is 18.1 Å². The third kappa shape index (κ3) is 11.7. The molecule has 36 heavy (non-hydrogen) atoms. The molecule has 0 aromatic rings. The van der Waals surface area contributed by atoms with Crippen molar-refractivity contribution in [2.75, 3.05) is 24.6 Å². The number of amides is 4. The molecule has 1 fully saturated rings. The molecule has 1 saturated heterocycles. The van der Waals surface area contributed by atoms with Gasteiger partial charge in [-0.3, -0.25) is 24.0 Å². The van der Waals surface area contributed by atoms with Gasteiger partial charge < -0.3 is 31.7 Å². The van der Waals surface area contributed by atoms with E-state index in [2.05, 4.69) is 46.5 Å². The van der Waals surface area contributed by atoms with Gasteiger partial charge in [0, 0.05) is 5.75 Å². The van der Waals surface area contributed by atoms with Gasteiger partial charge in [0.05, 0.1) is 6.42 Å². The van der Waals surface area contributed by atoms with E-state index >= 15 is 0 Å². The molecule has 1 aliphatic rings. The van der Waals surface area contributed by atoms with E-state index < -0.39 is 60.4 Å². The number of rotatable bonds is 9. The first-order valence-corrected chi connectivity index (χ1v) is 13.3. The molecule has 6 N–H and O–H groups in total. The average molecular weight is 546 g/mol. The van der Waals surface area contributed by atoms with Crippen LogP contribution in [0, 0.1) is 5.92 Å². The number of carbonyl (C=O) groups is 5. The minimum Gasteiger partial charge on any atom is -0.456 e. The molecule has 4 atom stereocenters. The van der Waals surface area contributed by atoms with Gasteiger partial charge in [-0.1, -0.05) is 19.9 Å². The predicted octanol–water partition coefficient (Wildman–Crippen LogP) is -0.537. The first kappa shape index (κ1) is 31.8. The molecule has 4 amide bonds. The highest BCUT2D eigenvalue weighted by Crippen LogP contribution is 2.08. The zero-order chi connectivity index (χ0) is 27.1. The van der Waals surface area contributed by atoms with E-state index in [1.165, 1.54) is 0 Å². The van der Waals surface area contributed by atoms with E-state index in [9.17, 15) is 24.0 Å². The lowest BCUT2D eigenvalue weighted by Crippen LogP contribution is -2.58. The number of thiol groups is 2. The summed E-state index contributed by atoms with van der Waals surface area (Å²) < 4.78 is 5.39. The van der Waals surface area contributed by atoms with Gasteiger partial charge in [0.1, 0.15) is 30.8 Å². The molecule has 0 bridgehead atoms. The van der Waals surface area contributed by atoms with Gasteiger partial charge in [-0.05, 0) is 50.0 Å². The van der Waals surface area contributed by atoms with Crippen molar-refractivity contribution in [3.8, 4) is 0 Å². The minimum absolute atomic E-state index is 0.0299. The van der Waals surface area contributed by atoms with Crippen molar-refractivity contribution in [3.63, 3.8) is 0 Å². The average Bonchev–Trinajstić information content (AvgIpc) is 2.82. The Balaban J connectivity index is 3.25. The highest BCUT2D eigenvalue weighted by molar-refractivity contribution is 7.80. The Morgan fingerprint density at radius 3 is 2.31 bits per heavy atom. The van der Waals surface area contributed by atoms with Crippen molar-refractivity contribution >= 4 is 54.9 Å². The molecule has 11 nitrogen and oxygen atoms in total. The third-order valence-electron chi connectivity index (χ3n) is 5.38. The van der Waals surface area contributed by atoms with E-state index in [0.717, 1.165) is 0 Å². The lowest BCUT2D eigenvalue weighted by Gasteiger charge is -2.27. The number of hydrogen-bond donors (Lipinski definition) is 7. The smallest absolute Gasteiger partial charge is 0.326 e. The van der Waals surface area contributed by atoms with E-state index in [0.29, 0.717) is 38.0 Å². The quantitative estimate of drug-likeness (QED) is 0.0884. The van der Waals surface area contributed by atoms with Crippen molar-refractivity contribution in [2.45, 2.75) is 70.2 Å². The molecule has 1 rings (SSSR count). The molecule has 0 aromatic heterocycles. The maximum atomic E-state index is 13.0. The minimum atomic E-state index is -1.04. The van der Waals surface area contributed by atoms with Crippen LogP contribution in [0.4, 0.5) is 0 Å². The molecule has 0 spiro atoms. The number of allylic oxidation sites excluding steroid dienone is 1. The number of nitrogens with two attached hydrogens (primary N) is 1. The summed E-state index contributed by atoms with van der Waals surface area (Å²) in [6, 6.07) is -2.93. The zero-order valence-corrected chi connectivity index (χ0v) is 22.6. The summed E-state index contributed by atoms with van der Waals surface area (Å²) in [6.07, 6.45) is 4.30. The maximum Gasteiger partial charge on any atom is 0.326 e. The van der Waals surface area contributed by atoms with Crippen molar-refractivity contribution in [2.24, 2.45) is 11.7 Å². The van der Waals surface area contributed by atoms with Crippen molar-refractivity contribution < 1.29 is 28.7 Å². The van der Waals surface area contributed by atoms with Crippen LogP contribution in [0.3, 0.4) is 0 Å². The molecule has 1 aliphatic heterocycles. The molecule has 0 aliphatic carbocycles. The third-order valence-corrected chi connectivity index (χ3v) is 6.01. The van der Waals surface area contributed by atoms with Gasteiger partial charge in [0.25, 0.3) is 0 Å². The Kier molecular flexibility index (Phi) is 15.2. The Bertz CT molecular complexity index is 795. The van der Waals surface area contributed by atoms with Crippen LogP contribution < -0.4 is 27.0 Å². The summed E-state index contributed by atoms with van der Waals surface area (Å²) in [4.78, 5) is 63.8. The molecule has 0 saturated carbocycles. The highest BCUT2D eigenvalue weighted by Gasteiger charge is 2.31. The van der Waals surface area contributed by atoms with Gasteiger partial charge in [0.15, 0.2) is 0 Å². The van der Waals surface area contributed by atoms with Crippen LogP contribution in [0.15, 0.2) is 12.2 Å². The molecular formula is C23H39N5O6S2. The van der Waals surface area contributed by atoms with Gasteiger partial charge in [-0.15, -0.1) is 0 Å². The summed E-state index contributed by atoms with van der Waals surface area (Å²) in [6.45, 7) is 3.46. The first-order valence-electron chi connectivity index (χ1n) is 12.1. The second-order valence-corrected chi connectivity index (χ2v) is 9.58. The number of ether oxygens (including phenoxy) is 1. The Morgan fingerprint density at radius 2 is 1.69 bits per heavy atom. The zero-order valence-electron chi connectivity index (χ0n) is 20.8. The predicted molar refractivity (Wildman–Crippen MR) is 143 cm³/mol. The van der Waals surface area contributed by atoms with E-state index in [1.807, 2.05) is 0 Å².